The zero-order chi connectivity index (χ0) is 14.4. The van der Waals surface area contributed by atoms with E-state index in [0.717, 1.165) is 31.6 Å². The number of nitrogens with zero attached hydrogens (tertiary/aromatic N) is 1. The maximum atomic E-state index is 12.2. The number of ether oxygens (including phenoxy) is 1. The van der Waals surface area contributed by atoms with Gasteiger partial charge in [-0.3, -0.25) is 0 Å². The summed E-state index contributed by atoms with van der Waals surface area (Å²) in [5, 5.41) is 3.35. The quantitative estimate of drug-likeness (QED) is 0.919. The second-order valence-electron chi connectivity index (χ2n) is 5.72. The summed E-state index contributed by atoms with van der Waals surface area (Å²) in [7, 11) is 0. The van der Waals surface area contributed by atoms with E-state index in [-0.39, 0.29) is 12.1 Å². The van der Waals surface area contributed by atoms with Crippen molar-refractivity contribution >= 4 is 6.09 Å². The third kappa shape index (κ3) is 4.23. The lowest BCUT2D eigenvalue weighted by Crippen LogP contribution is -2.54. The van der Waals surface area contributed by atoms with Crippen molar-refractivity contribution in [3.8, 4) is 0 Å². The highest BCUT2D eigenvalue weighted by Gasteiger charge is 2.28. The third-order valence-corrected chi connectivity index (χ3v) is 3.53. The fourth-order valence-corrected chi connectivity index (χ4v) is 2.56. The Morgan fingerprint density at radius 2 is 2.15 bits per heavy atom. The van der Waals surface area contributed by atoms with Crippen molar-refractivity contribution in [3.05, 3.63) is 35.9 Å². The van der Waals surface area contributed by atoms with Gasteiger partial charge in [0.1, 0.15) is 6.61 Å². The van der Waals surface area contributed by atoms with Crippen molar-refractivity contribution in [1.82, 2.24) is 10.2 Å². The Morgan fingerprint density at radius 3 is 2.85 bits per heavy atom. The minimum atomic E-state index is -0.194. The first-order chi connectivity index (χ1) is 9.66. The molecule has 1 N–H and O–H groups in total. The van der Waals surface area contributed by atoms with Gasteiger partial charge < -0.3 is 15.0 Å². The second kappa shape index (κ2) is 7.29. The van der Waals surface area contributed by atoms with E-state index in [1.54, 1.807) is 0 Å². The second-order valence-corrected chi connectivity index (χ2v) is 5.72. The maximum absolute atomic E-state index is 12.2. The van der Waals surface area contributed by atoms with Crippen LogP contribution >= 0.6 is 0 Å². The van der Waals surface area contributed by atoms with Gasteiger partial charge in [0.05, 0.1) is 0 Å². The molecule has 1 aliphatic heterocycles. The molecule has 0 aliphatic carbocycles. The molecule has 1 fully saturated rings. The molecule has 0 bridgehead atoms. The van der Waals surface area contributed by atoms with Crippen molar-refractivity contribution < 1.29 is 9.53 Å². The van der Waals surface area contributed by atoms with Crippen LogP contribution in [0.1, 0.15) is 25.8 Å². The number of piperazine rings is 1. The number of benzene rings is 1. The number of amides is 1. The van der Waals surface area contributed by atoms with Gasteiger partial charge in [-0.2, -0.15) is 0 Å². The van der Waals surface area contributed by atoms with Gasteiger partial charge in [0.15, 0.2) is 0 Å². The summed E-state index contributed by atoms with van der Waals surface area (Å²) in [6.07, 6.45) is 0.814. The van der Waals surface area contributed by atoms with E-state index < -0.39 is 0 Å². The summed E-state index contributed by atoms with van der Waals surface area (Å²) in [5.74, 6) is 0.573. The Morgan fingerprint density at radius 1 is 1.40 bits per heavy atom. The molecule has 1 atom stereocenters. The van der Waals surface area contributed by atoms with Crippen LogP contribution in [0.15, 0.2) is 30.3 Å². The van der Waals surface area contributed by atoms with Crippen LogP contribution in [0.25, 0.3) is 0 Å². The number of hydrogen-bond donors (Lipinski definition) is 1. The third-order valence-electron chi connectivity index (χ3n) is 3.53. The molecule has 1 saturated heterocycles. The van der Waals surface area contributed by atoms with Gasteiger partial charge in [0, 0.05) is 25.7 Å². The fraction of sp³-hybridized carbons (Fsp3) is 0.562. The zero-order valence-electron chi connectivity index (χ0n) is 12.3. The summed E-state index contributed by atoms with van der Waals surface area (Å²) in [6, 6.07) is 10.0. The van der Waals surface area contributed by atoms with E-state index >= 15 is 0 Å². The number of rotatable bonds is 4. The Kier molecular flexibility index (Phi) is 5.41. The molecule has 1 heterocycles. The molecule has 4 heteroatoms. The number of carbonyl (C=O) groups excluding carboxylic acids is 1. The average Bonchev–Trinajstić information content (AvgIpc) is 2.46. The monoisotopic (exact) mass is 276 g/mol. The van der Waals surface area contributed by atoms with Gasteiger partial charge in [0.2, 0.25) is 0 Å². The lowest BCUT2D eigenvalue weighted by Gasteiger charge is -2.36. The number of carbonyl (C=O) groups is 1. The molecule has 20 heavy (non-hydrogen) atoms. The van der Waals surface area contributed by atoms with Gasteiger partial charge in [-0.05, 0) is 17.9 Å². The molecule has 4 nitrogen and oxygen atoms in total. The Balaban J connectivity index is 1.89. The van der Waals surface area contributed by atoms with Crippen LogP contribution in [0.3, 0.4) is 0 Å². The molecule has 0 spiro atoms. The number of hydrogen-bond acceptors (Lipinski definition) is 3. The highest BCUT2D eigenvalue weighted by molar-refractivity contribution is 5.68. The van der Waals surface area contributed by atoms with Crippen LogP contribution in [0.5, 0.6) is 0 Å². The van der Waals surface area contributed by atoms with Crippen molar-refractivity contribution in [2.75, 3.05) is 19.6 Å². The summed E-state index contributed by atoms with van der Waals surface area (Å²) in [5.41, 5.74) is 1.02. The summed E-state index contributed by atoms with van der Waals surface area (Å²) in [6.45, 7) is 7.14. The zero-order valence-corrected chi connectivity index (χ0v) is 12.3. The van der Waals surface area contributed by atoms with E-state index in [0.29, 0.717) is 12.5 Å². The molecule has 1 amide bonds. The molecule has 1 aromatic carbocycles. The molecule has 0 saturated carbocycles. The van der Waals surface area contributed by atoms with Gasteiger partial charge in [-0.1, -0.05) is 44.2 Å². The van der Waals surface area contributed by atoms with Gasteiger partial charge in [0.25, 0.3) is 0 Å². The van der Waals surface area contributed by atoms with Crippen molar-refractivity contribution in [3.63, 3.8) is 0 Å². The largest absolute Gasteiger partial charge is 0.445 e. The van der Waals surface area contributed by atoms with Crippen LogP contribution in [-0.2, 0) is 11.3 Å². The van der Waals surface area contributed by atoms with Crippen molar-refractivity contribution in [1.29, 1.82) is 0 Å². The van der Waals surface area contributed by atoms with Crippen LogP contribution in [0.4, 0.5) is 4.79 Å². The van der Waals surface area contributed by atoms with Gasteiger partial charge in [-0.15, -0.1) is 0 Å². The first kappa shape index (κ1) is 14.9. The highest BCUT2D eigenvalue weighted by Crippen LogP contribution is 2.15. The molecule has 0 radical (unpaired) electrons. The van der Waals surface area contributed by atoms with E-state index in [2.05, 4.69) is 19.2 Å². The minimum absolute atomic E-state index is 0.194. The molecular weight excluding hydrogens is 252 g/mol. The number of nitrogens with one attached hydrogen (secondary N) is 1. The predicted octanol–water partition coefficient (Wildman–Crippen LogP) is 2.64. The van der Waals surface area contributed by atoms with Crippen LogP contribution < -0.4 is 5.32 Å². The normalized spacial score (nSPS) is 19.1. The average molecular weight is 276 g/mol. The lowest BCUT2D eigenvalue weighted by atomic mass is 10.0. The molecule has 1 aromatic rings. The van der Waals surface area contributed by atoms with Crippen LogP contribution in [-0.4, -0.2) is 36.7 Å². The topological polar surface area (TPSA) is 41.6 Å². The smallest absolute Gasteiger partial charge is 0.410 e. The SMILES string of the molecule is CC(C)C[C@@H]1CNCCN1C(=O)OCc1ccccc1. The Labute approximate surface area is 121 Å². The van der Waals surface area contributed by atoms with Gasteiger partial charge >= 0.3 is 6.09 Å². The van der Waals surface area contributed by atoms with E-state index in [4.69, 9.17) is 4.74 Å². The molecular formula is C16H24N2O2. The highest BCUT2D eigenvalue weighted by atomic mass is 16.6. The van der Waals surface area contributed by atoms with E-state index in [9.17, 15) is 4.79 Å². The molecule has 2 rings (SSSR count). The molecule has 0 aromatic heterocycles. The van der Waals surface area contributed by atoms with E-state index in [1.807, 2.05) is 35.2 Å². The summed E-state index contributed by atoms with van der Waals surface area (Å²) >= 11 is 0. The standard InChI is InChI=1S/C16H24N2O2/c1-13(2)10-15-11-17-8-9-18(15)16(19)20-12-14-6-4-3-5-7-14/h3-7,13,15,17H,8-12H2,1-2H3/t15-/m1/s1. The van der Waals surface area contributed by atoms with Crippen molar-refractivity contribution in [2.24, 2.45) is 5.92 Å². The minimum Gasteiger partial charge on any atom is -0.445 e. The maximum Gasteiger partial charge on any atom is 0.410 e. The first-order valence-electron chi connectivity index (χ1n) is 7.35. The van der Waals surface area contributed by atoms with Crippen LogP contribution in [0.2, 0.25) is 0 Å². The molecule has 1 aliphatic rings. The Bertz CT molecular complexity index is 420. The summed E-state index contributed by atoms with van der Waals surface area (Å²) in [4.78, 5) is 14.1. The van der Waals surface area contributed by atoms with Crippen molar-refractivity contribution in [2.45, 2.75) is 32.9 Å². The Hall–Kier alpha value is -1.55. The molecule has 0 unspecified atom stereocenters. The van der Waals surface area contributed by atoms with Gasteiger partial charge in [-0.25, -0.2) is 4.79 Å². The van der Waals surface area contributed by atoms with Crippen LogP contribution in [0, 0.1) is 5.92 Å². The first-order valence-corrected chi connectivity index (χ1v) is 7.35. The summed E-state index contributed by atoms with van der Waals surface area (Å²) < 4.78 is 5.44. The lowest BCUT2D eigenvalue weighted by molar-refractivity contribution is 0.0674. The molecule has 110 valence electrons. The fourth-order valence-electron chi connectivity index (χ4n) is 2.56. The predicted molar refractivity (Wildman–Crippen MR) is 79.4 cm³/mol. The van der Waals surface area contributed by atoms with E-state index in [1.165, 1.54) is 0 Å².